The van der Waals surface area contributed by atoms with Crippen LogP contribution in [0.15, 0.2) is 23.4 Å². The maximum absolute atomic E-state index is 13.7. The number of nitrogens with one attached hydrogen (secondary N) is 1. The standard InChI is InChI=1S/C17H22ClFN4OS/c1-11(2)10-23-14(21-22-17(23)25-3)8-5-9-20-16(24)15-12(18)6-4-7-13(15)19/h4,6-7,11H,5,8-10H2,1-3H3,(H,20,24). The Labute approximate surface area is 156 Å². The van der Waals surface area contributed by atoms with Gasteiger partial charge in [0.25, 0.3) is 5.91 Å². The van der Waals surface area contributed by atoms with E-state index < -0.39 is 11.7 Å². The number of hydrogen-bond acceptors (Lipinski definition) is 4. The Morgan fingerprint density at radius 1 is 1.40 bits per heavy atom. The minimum absolute atomic E-state index is 0.110. The third-order valence-electron chi connectivity index (χ3n) is 3.58. The first-order valence-corrected chi connectivity index (χ1v) is 9.72. The highest BCUT2D eigenvalue weighted by Gasteiger charge is 2.16. The summed E-state index contributed by atoms with van der Waals surface area (Å²) >= 11 is 7.46. The Kier molecular flexibility index (Phi) is 7.25. The smallest absolute Gasteiger partial charge is 0.255 e. The van der Waals surface area contributed by atoms with Gasteiger partial charge in [-0.3, -0.25) is 4.79 Å². The molecule has 25 heavy (non-hydrogen) atoms. The quantitative estimate of drug-likeness (QED) is 0.555. The molecule has 1 amide bonds. The SMILES string of the molecule is CSc1nnc(CCCNC(=O)c2c(F)cccc2Cl)n1CC(C)C. The second-order valence-corrected chi connectivity index (χ2v) is 7.24. The van der Waals surface area contributed by atoms with E-state index in [9.17, 15) is 9.18 Å². The number of halogens is 2. The van der Waals surface area contributed by atoms with Gasteiger partial charge in [0.2, 0.25) is 0 Å². The number of carbonyl (C=O) groups is 1. The number of nitrogens with zero attached hydrogens (tertiary/aromatic N) is 3. The van der Waals surface area contributed by atoms with Crippen LogP contribution in [0, 0.1) is 11.7 Å². The van der Waals surface area contributed by atoms with E-state index in [-0.39, 0.29) is 10.6 Å². The van der Waals surface area contributed by atoms with Crippen molar-refractivity contribution in [2.75, 3.05) is 12.8 Å². The molecule has 1 heterocycles. The van der Waals surface area contributed by atoms with Crippen molar-refractivity contribution in [3.8, 4) is 0 Å². The van der Waals surface area contributed by atoms with Crippen LogP contribution in [-0.4, -0.2) is 33.5 Å². The lowest BCUT2D eigenvalue weighted by molar-refractivity contribution is 0.0949. The Hall–Kier alpha value is -1.60. The van der Waals surface area contributed by atoms with E-state index in [2.05, 4.69) is 33.9 Å². The molecule has 0 radical (unpaired) electrons. The number of hydrogen-bond donors (Lipinski definition) is 1. The van der Waals surface area contributed by atoms with Crippen LogP contribution in [-0.2, 0) is 13.0 Å². The number of amides is 1. The normalized spacial score (nSPS) is 11.1. The summed E-state index contributed by atoms with van der Waals surface area (Å²) in [6.07, 6.45) is 3.34. The lowest BCUT2D eigenvalue weighted by atomic mass is 10.2. The average Bonchev–Trinajstić information content (AvgIpc) is 2.92. The Morgan fingerprint density at radius 2 is 2.16 bits per heavy atom. The molecule has 8 heteroatoms. The van der Waals surface area contributed by atoms with Crippen molar-refractivity contribution in [2.45, 2.75) is 38.4 Å². The lowest BCUT2D eigenvalue weighted by Crippen LogP contribution is -2.26. The van der Waals surface area contributed by atoms with E-state index in [1.807, 2.05) is 6.26 Å². The van der Waals surface area contributed by atoms with Crippen molar-refractivity contribution in [3.63, 3.8) is 0 Å². The van der Waals surface area contributed by atoms with Crippen molar-refractivity contribution in [1.29, 1.82) is 0 Å². The molecular weight excluding hydrogens is 363 g/mol. The van der Waals surface area contributed by atoms with E-state index in [0.29, 0.717) is 25.3 Å². The third-order valence-corrected chi connectivity index (χ3v) is 4.56. The molecule has 0 unspecified atom stereocenters. The van der Waals surface area contributed by atoms with Gasteiger partial charge >= 0.3 is 0 Å². The minimum Gasteiger partial charge on any atom is -0.352 e. The number of aromatic nitrogens is 3. The van der Waals surface area contributed by atoms with Crippen LogP contribution in [0.1, 0.15) is 36.5 Å². The highest BCUT2D eigenvalue weighted by atomic mass is 35.5. The molecule has 136 valence electrons. The summed E-state index contributed by atoms with van der Waals surface area (Å²) in [7, 11) is 0. The third kappa shape index (κ3) is 5.19. The van der Waals surface area contributed by atoms with E-state index in [1.165, 1.54) is 18.2 Å². The van der Waals surface area contributed by atoms with E-state index in [1.54, 1.807) is 11.8 Å². The van der Waals surface area contributed by atoms with E-state index in [0.717, 1.165) is 17.5 Å². The topological polar surface area (TPSA) is 59.8 Å². The molecule has 0 fully saturated rings. The summed E-state index contributed by atoms with van der Waals surface area (Å²) < 4.78 is 15.8. The van der Waals surface area contributed by atoms with Crippen LogP contribution < -0.4 is 5.32 Å². The molecule has 0 aliphatic carbocycles. The summed E-state index contributed by atoms with van der Waals surface area (Å²) in [6, 6.07) is 4.19. The molecule has 0 bridgehead atoms. The monoisotopic (exact) mass is 384 g/mol. The molecular formula is C17H22ClFN4OS. The predicted molar refractivity (Wildman–Crippen MR) is 98.7 cm³/mol. The minimum atomic E-state index is -0.619. The average molecular weight is 385 g/mol. The number of benzene rings is 1. The zero-order valence-corrected chi connectivity index (χ0v) is 16.1. The Morgan fingerprint density at radius 3 is 2.80 bits per heavy atom. The van der Waals surface area contributed by atoms with Crippen LogP contribution in [0.5, 0.6) is 0 Å². The van der Waals surface area contributed by atoms with Crippen molar-refractivity contribution in [2.24, 2.45) is 5.92 Å². The summed E-state index contributed by atoms with van der Waals surface area (Å²) in [5.74, 6) is 0.266. The van der Waals surface area contributed by atoms with Crippen molar-refractivity contribution in [1.82, 2.24) is 20.1 Å². The van der Waals surface area contributed by atoms with Gasteiger partial charge in [-0.25, -0.2) is 4.39 Å². The highest BCUT2D eigenvalue weighted by molar-refractivity contribution is 7.98. The van der Waals surface area contributed by atoms with Gasteiger partial charge in [0.1, 0.15) is 11.6 Å². The highest BCUT2D eigenvalue weighted by Crippen LogP contribution is 2.19. The summed E-state index contributed by atoms with van der Waals surface area (Å²) in [6.45, 7) is 5.56. The van der Waals surface area contributed by atoms with Gasteiger partial charge in [-0.15, -0.1) is 10.2 Å². The second kappa shape index (κ2) is 9.20. The van der Waals surface area contributed by atoms with Crippen molar-refractivity contribution in [3.05, 3.63) is 40.4 Å². The van der Waals surface area contributed by atoms with Gasteiger partial charge in [-0.1, -0.05) is 43.3 Å². The number of carbonyl (C=O) groups excluding carboxylic acids is 1. The van der Waals surface area contributed by atoms with Crippen molar-refractivity contribution < 1.29 is 9.18 Å². The van der Waals surface area contributed by atoms with Crippen LogP contribution >= 0.6 is 23.4 Å². The van der Waals surface area contributed by atoms with Crippen LogP contribution in [0.2, 0.25) is 5.02 Å². The Balaban J connectivity index is 1.91. The van der Waals surface area contributed by atoms with Crippen LogP contribution in [0.25, 0.3) is 0 Å². The molecule has 2 aromatic rings. The number of aryl methyl sites for hydroxylation is 1. The number of rotatable bonds is 8. The van der Waals surface area contributed by atoms with Crippen LogP contribution in [0.3, 0.4) is 0 Å². The summed E-state index contributed by atoms with van der Waals surface area (Å²) in [5, 5.41) is 12.1. The maximum Gasteiger partial charge on any atom is 0.255 e. The zero-order chi connectivity index (χ0) is 18.4. The van der Waals surface area contributed by atoms with Crippen molar-refractivity contribution >= 4 is 29.3 Å². The molecule has 0 atom stereocenters. The Bertz CT molecular complexity index is 715. The summed E-state index contributed by atoms with van der Waals surface area (Å²) in [5.41, 5.74) is -0.114. The van der Waals surface area contributed by atoms with Crippen LogP contribution in [0.4, 0.5) is 4.39 Å². The van der Waals surface area contributed by atoms with Gasteiger partial charge in [0.15, 0.2) is 5.16 Å². The first-order valence-electron chi connectivity index (χ1n) is 8.12. The van der Waals surface area contributed by atoms with Gasteiger partial charge in [0, 0.05) is 19.5 Å². The largest absolute Gasteiger partial charge is 0.352 e. The maximum atomic E-state index is 13.7. The zero-order valence-electron chi connectivity index (χ0n) is 14.6. The van der Waals surface area contributed by atoms with Gasteiger partial charge in [-0.05, 0) is 30.7 Å². The molecule has 1 N–H and O–H groups in total. The second-order valence-electron chi connectivity index (χ2n) is 6.06. The fourth-order valence-electron chi connectivity index (χ4n) is 2.45. The molecule has 1 aromatic heterocycles. The molecule has 0 saturated carbocycles. The molecule has 5 nitrogen and oxygen atoms in total. The first-order chi connectivity index (χ1) is 11.9. The molecule has 0 saturated heterocycles. The van der Waals surface area contributed by atoms with Gasteiger partial charge in [-0.2, -0.15) is 0 Å². The predicted octanol–water partition coefficient (Wildman–Crippen LogP) is 3.81. The molecule has 1 aromatic carbocycles. The number of thioether (sulfide) groups is 1. The van der Waals surface area contributed by atoms with Gasteiger partial charge < -0.3 is 9.88 Å². The fraction of sp³-hybridized carbons (Fsp3) is 0.471. The van der Waals surface area contributed by atoms with Gasteiger partial charge in [0.05, 0.1) is 10.6 Å². The first kappa shape index (κ1) is 19.7. The summed E-state index contributed by atoms with van der Waals surface area (Å²) in [4.78, 5) is 12.1. The van der Waals surface area contributed by atoms with E-state index in [4.69, 9.17) is 11.6 Å². The van der Waals surface area contributed by atoms with E-state index >= 15 is 0 Å². The molecule has 0 aliphatic heterocycles. The fourth-order valence-corrected chi connectivity index (χ4v) is 3.23. The lowest BCUT2D eigenvalue weighted by Gasteiger charge is -2.12. The molecule has 0 spiro atoms. The molecule has 2 rings (SSSR count). The molecule has 0 aliphatic rings.